The van der Waals surface area contributed by atoms with Crippen molar-refractivity contribution in [1.29, 1.82) is 0 Å². The SMILES string of the molecule is COCc1ccc(Cl)cc1C(C)CO. The molecule has 0 aliphatic rings. The second kappa shape index (κ2) is 5.35. The quantitative estimate of drug-likeness (QED) is 0.835. The van der Waals surface area contributed by atoms with Gasteiger partial charge in [-0.25, -0.2) is 0 Å². The van der Waals surface area contributed by atoms with E-state index in [2.05, 4.69) is 0 Å². The van der Waals surface area contributed by atoms with Crippen LogP contribution in [0.5, 0.6) is 0 Å². The zero-order valence-electron chi connectivity index (χ0n) is 8.46. The Morgan fingerprint density at radius 1 is 1.50 bits per heavy atom. The molecule has 3 heteroatoms. The molecule has 1 atom stereocenters. The second-order valence-corrected chi connectivity index (χ2v) is 3.80. The van der Waals surface area contributed by atoms with Crippen LogP contribution in [0.4, 0.5) is 0 Å². The third kappa shape index (κ3) is 2.71. The van der Waals surface area contributed by atoms with Gasteiger partial charge in [-0.1, -0.05) is 24.6 Å². The molecule has 0 fully saturated rings. The van der Waals surface area contributed by atoms with Crippen LogP contribution in [-0.4, -0.2) is 18.8 Å². The van der Waals surface area contributed by atoms with Crippen LogP contribution in [-0.2, 0) is 11.3 Å². The van der Waals surface area contributed by atoms with E-state index in [0.717, 1.165) is 11.1 Å². The predicted octanol–water partition coefficient (Wildman–Crippen LogP) is 2.58. The maximum absolute atomic E-state index is 9.09. The van der Waals surface area contributed by atoms with Crippen molar-refractivity contribution < 1.29 is 9.84 Å². The van der Waals surface area contributed by atoms with Gasteiger partial charge in [-0.15, -0.1) is 0 Å². The average molecular weight is 215 g/mol. The molecule has 1 rings (SSSR count). The summed E-state index contributed by atoms with van der Waals surface area (Å²) in [6, 6.07) is 5.66. The fraction of sp³-hybridized carbons (Fsp3) is 0.455. The molecule has 14 heavy (non-hydrogen) atoms. The summed E-state index contributed by atoms with van der Waals surface area (Å²) in [7, 11) is 1.65. The van der Waals surface area contributed by atoms with Crippen LogP contribution in [0.3, 0.4) is 0 Å². The van der Waals surface area contributed by atoms with E-state index in [-0.39, 0.29) is 12.5 Å². The molecule has 0 radical (unpaired) electrons. The van der Waals surface area contributed by atoms with Gasteiger partial charge >= 0.3 is 0 Å². The van der Waals surface area contributed by atoms with Crippen LogP contribution in [0.15, 0.2) is 18.2 Å². The first kappa shape index (κ1) is 11.5. The van der Waals surface area contributed by atoms with E-state index >= 15 is 0 Å². The maximum Gasteiger partial charge on any atom is 0.0715 e. The first-order valence-electron chi connectivity index (χ1n) is 4.57. The highest BCUT2D eigenvalue weighted by Crippen LogP contribution is 2.24. The van der Waals surface area contributed by atoms with Gasteiger partial charge in [0.2, 0.25) is 0 Å². The van der Waals surface area contributed by atoms with E-state index in [9.17, 15) is 0 Å². The third-order valence-corrected chi connectivity index (χ3v) is 2.45. The molecule has 1 unspecified atom stereocenters. The summed E-state index contributed by atoms with van der Waals surface area (Å²) < 4.78 is 5.08. The van der Waals surface area contributed by atoms with Crippen molar-refractivity contribution in [2.24, 2.45) is 0 Å². The fourth-order valence-electron chi connectivity index (χ4n) is 1.41. The summed E-state index contributed by atoms with van der Waals surface area (Å²) in [5, 5.41) is 9.78. The molecule has 0 bridgehead atoms. The Labute approximate surface area is 89.5 Å². The Morgan fingerprint density at radius 2 is 2.21 bits per heavy atom. The summed E-state index contributed by atoms with van der Waals surface area (Å²) in [4.78, 5) is 0. The number of benzene rings is 1. The van der Waals surface area contributed by atoms with Crippen LogP contribution < -0.4 is 0 Å². The molecule has 0 aliphatic carbocycles. The smallest absolute Gasteiger partial charge is 0.0715 e. The number of aliphatic hydroxyl groups is 1. The number of ether oxygens (including phenoxy) is 1. The molecule has 0 heterocycles. The zero-order valence-corrected chi connectivity index (χ0v) is 9.21. The largest absolute Gasteiger partial charge is 0.396 e. The van der Waals surface area contributed by atoms with Crippen LogP contribution in [0.1, 0.15) is 24.0 Å². The Kier molecular flexibility index (Phi) is 4.39. The molecule has 1 aromatic rings. The van der Waals surface area contributed by atoms with Gasteiger partial charge < -0.3 is 9.84 Å². The lowest BCUT2D eigenvalue weighted by Gasteiger charge is -2.14. The van der Waals surface area contributed by atoms with Gasteiger partial charge in [0.25, 0.3) is 0 Å². The Morgan fingerprint density at radius 3 is 2.79 bits per heavy atom. The first-order chi connectivity index (χ1) is 6.69. The number of aliphatic hydroxyl groups excluding tert-OH is 1. The topological polar surface area (TPSA) is 29.5 Å². The molecule has 0 saturated carbocycles. The van der Waals surface area contributed by atoms with Crippen LogP contribution in [0.25, 0.3) is 0 Å². The van der Waals surface area contributed by atoms with E-state index < -0.39 is 0 Å². The van der Waals surface area contributed by atoms with Crippen molar-refractivity contribution >= 4 is 11.6 Å². The molecule has 0 spiro atoms. The number of hydrogen-bond donors (Lipinski definition) is 1. The Balaban J connectivity index is 3.02. The van der Waals surface area contributed by atoms with Crippen LogP contribution in [0.2, 0.25) is 5.02 Å². The van der Waals surface area contributed by atoms with E-state index in [1.165, 1.54) is 0 Å². The standard InChI is InChI=1S/C11H15ClO2/c1-8(6-13)11-5-10(12)4-3-9(11)7-14-2/h3-5,8,13H,6-7H2,1-2H3. The second-order valence-electron chi connectivity index (χ2n) is 3.36. The van der Waals surface area contributed by atoms with E-state index in [4.69, 9.17) is 21.4 Å². The lowest BCUT2D eigenvalue weighted by molar-refractivity contribution is 0.183. The Hall–Kier alpha value is -0.570. The molecule has 1 N–H and O–H groups in total. The van der Waals surface area contributed by atoms with E-state index in [0.29, 0.717) is 11.6 Å². The van der Waals surface area contributed by atoms with Crippen molar-refractivity contribution in [2.45, 2.75) is 19.4 Å². The third-order valence-electron chi connectivity index (χ3n) is 2.21. The van der Waals surface area contributed by atoms with Gasteiger partial charge in [-0.3, -0.25) is 0 Å². The fourth-order valence-corrected chi connectivity index (χ4v) is 1.59. The van der Waals surface area contributed by atoms with Gasteiger partial charge in [-0.05, 0) is 23.3 Å². The lowest BCUT2D eigenvalue weighted by atomic mass is 9.97. The minimum atomic E-state index is 0.0962. The summed E-state index contributed by atoms with van der Waals surface area (Å²) in [5.74, 6) is 0.0962. The van der Waals surface area contributed by atoms with Crippen molar-refractivity contribution in [1.82, 2.24) is 0 Å². The number of halogens is 1. The van der Waals surface area contributed by atoms with Crippen molar-refractivity contribution in [3.63, 3.8) is 0 Å². The molecule has 78 valence electrons. The number of hydrogen-bond acceptors (Lipinski definition) is 2. The Bertz CT molecular complexity index is 299. The highest BCUT2D eigenvalue weighted by atomic mass is 35.5. The molecule has 2 nitrogen and oxygen atoms in total. The lowest BCUT2D eigenvalue weighted by Crippen LogP contribution is -2.04. The number of rotatable bonds is 4. The summed E-state index contributed by atoms with van der Waals surface area (Å²) in [5.41, 5.74) is 2.14. The van der Waals surface area contributed by atoms with Gasteiger partial charge in [0.1, 0.15) is 0 Å². The van der Waals surface area contributed by atoms with Crippen LogP contribution in [0, 0.1) is 0 Å². The summed E-state index contributed by atoms with van der Waals surface area (Å²) >= 11 is 5.90. The van der Waals surface area contributed by atoms with Crippen molar-refractivity contribution in [3.8, 4) is 0 Å². The van der Waals surface area contributed by atoms with E-state index in [1.54, 1.807) is 7.11 Å². The van der Waals surface area contributed by atoms with Crippen molar-refractivity contribution in [2.75, 3.05) is 13.7 Å². The first-order valence-corrected chi connectivity index (χ1v) is 4.95. The minimum Gasteiger partial charge on any atom is -0.396 e. The van der Waals surface area contributed by atoms with Gasteiger partial charge in [-0.2, -0.15) is 0 Å². The van der Waals surface area contributed by atoms with Crippen molar-refractivity contribution in [3.05, 3.63) is 34.3 Å². The minimum absolute atomic E-state index is 0.0962. The monoisotopic (exact) mass is 214 g/mol. The number of methoxy groups -OCH3 is 1. The predicted molar refractivity (Wildman–Crippen MR) is 57.7 cm³/mol. The molecule has 0 saturated heterocycles. The molecule has 0 aliphatic heterocycles. The molecule has 1 aromatic carbocycles. The summed E-state index contributed by atoms with van der Waals surface area (Å²) in [6.07, 6.45) is 0. The van der Waals surface area contributed by atoms with Crippen LogP contribution >= 0.6 is 11.6 Å². The highest BCUT2D eigenvalue weighted by molar-refractivity contribution is 6.30. The van der Waals surface area contributed by atoms with Gasteiger partial charge in [0.05, 0.1) is 6.61 Å². The normalized spacial score (nSPS) is 12.9. The highest BCUT2D eigenvalue weighted by Gasteiger charge is 2.10. The average Bonchev–Trinajstić information content (AvgIpc) is 2.20. The van der Waals surface area contributed by atoms with Gasteiger partial charge in [0.15, 0.2) is 0 Å². The zero-order chi connectivity index (χ0) is 10.6. The molecule has 0 amide bonds. The summed E-state index contributed by atoms with van der Waals surface area (Å²) in [6.45, 7) is 2.64. The van der Waals surface area contributed by atoms with E-state index in [1.807, 2.05) is 25.1 Å². The maximum atomic E-state index is 9.09. The molecular formula is C11H15ClO2. The molecule has 0 aromatic heterocycles. The van der Waals surface area contributed by atoms with Gasteiger partial charge in [0, 0.05) is 24.7 Å². The molecular weight excluding hydrogens is 200 g/mol.